The summed E-state index contributed by atoms with van der Waals surface area (Å²) in [4.78, 5) is 12.5. The van der Waals surface area contributed by atoms with Crippen molar-refractivity contribution < 1.29 is 19.1 Å². The standard InChI is InChI=1S/C21H21N3O5/c1-27-17-11-19(28-2)21(20(12-17)29-3)14-6-8-23(9-7-14)18-5-4-16(24(25)26)10-15(18)13-22/h4-6,10-12H,7-9H2,1-3H3. The third kappa shape index (κ3) is 3.94. The van der Waals surface area contributed by atoms with Gasteiger partial charge in [0.05, 0.1) is 43.1 Å². The van der Waals surface area contributed by atoms with Crippen LogP contribution in [0.15, 0.2) is 36.4 Å². The Bertz CT molecular complexity index is 985. The van der Waals surface area contributed by atoms with E-state index in [0.29, 0.717) is 42.4 Å². The Morgan fingerprint density at radius 2 is 1.79 bits per heavy atom. The smallest absolute Gasteiger partial charge is 0.270 e. The predicted molar refractivity (Wildman–Crippen MR) is 109 cm³/mol. The minimum atomic E-state index is -0.499. The van der Waals surface area contributed by atoms with Crippen LogP contribution in [0.4, 0.5) is 11.4 Å². The molecule has 2 aromatic rings. The second-order valence-electron chi connectivity index (χ2n) is 6.40. The molecule has 0 amide bonds. The highest BCUT2D eigenvalue weighted by Crippen LogP contribution is 2.41. The Balaban J connectivity index is 1.93. The molecule has 0 spiro atoms. The van der Waals surface area contributed by atoms with Crippen molar-refractivity contribution in [1.29, 1.82) is 5.26 Å². The normalized spacial score (nSPS) is 13.3. The average molecular weight is 395 g/mol. The van der Waals surface area contributed by atoms with E-state index in [4.69, 9.17) is 14.2 Å². The topological polar surface area (TPSA) is 97.9 Å². The summed E-state index contributed by atoms with van der Waals surface area (Å²) >= 11 is 0. The molecular formula is C21H21N3O5. The molecular weight excluding hydrogens is 374 g/mol. The van der Waals surface area contributed by atoms with Crippen LogP contribution in [0, 0.1) is 21.4 Å². The number of benzene rings is 2. The van der Waals surface area contributed by atoms with Gasteiger partial charge in [0.1, 0.15) is 23.3 Å². The van der Waals surface area contributed by atoms with E-state index >= 15 is 0 Å². The van der Waals surface area contributed by atoms with E-state index in [2.05, 4.69) is 12.1 Å². The first kappa shape index (κ1) is 20.0. The van der Waals surface area contributed by atoms with Gasteiger partial charge in [-0.25, -0.2) is 0 Å². The van der Waals surface area contributed by atoms with Crippen LogP contribution >= 0.6 is 0 Å². The quantitative estimate of drug-likeness (QED) is 0.542. The van der Waals surface area contributed by atoms with Crippen LogP contribution in [0.3, 0.4) is 0 Å². The molecule has 1 aliphatic rings. The molecule has 0 aliphatic carbocycles. The van der Waals surface area contributed by atoms with Gasteiger partial charge in [0.2, 0.25) is 0 Å². The van der Waals surface area contributed by atoms with Crippen LogP contribution < -0.4 is 19.1 Å². The number of nitro groups is 1. The fourth-order valence-corrected chi connectivity index (χ4v) is 3.44. The maximum Gasteiger partial charge on any atom is 0.270 e. The number of anilines is 1. The van der Waals surface area contributed by atoms with Crippen LogP contribution in [0.5, 0.6) is 17.2 Å². The van der Waals surface area contributed by atoms with Gasteiger partial charge in [0, 0.05) is 37.4 Å². The summed E-state index contributed by atoms with van der Waals surface area (Å²) in [5.41, 5.74) is 2.82. The van der Waals surface area contributed by atoms with Crippen molar-refractivity contribution in [3.63, 3.8) is 0 Å². The molecule has 1 aliphatic heterocycles. The Labute approximate surface area is 168 Å². The largest absolute Gasteiger partial charge is 0.496 e. The van der Waals surface area contributed by atoms with Gasteiger partial charge in [-0.2, -0.15) is 5.26 Å². The van der Waals surface area contributed by atoms with Crippen LogP contribution in [0.2, 0.25) is 0 Å². The minimum Gasteiger partial charge on any atom is -0.496 e. The summed E-state index contributed by atoms with van der Waals surface area (Å²) in [6.07, 6.45) is 2.75. The van der Waals surface area contributed by atoms with E-state index in [-0.39, 0.29) is 11.3 Å². The molecule has 0 radical (unpaired) electrons. The van der Waals surface area contributed by atoms with Crippen molar-refractivity contribution in [2.75, 3.05) is 39.3 Å². The van der Waals surface area contributed by atoms with Gasteiger partial charge >= 0.3 is 0 Å². The summed E-state index contributed by atoms with van der Waals surface area (Å²) in [5, 5.41) is 20.4. The molecule has 0 saturated heterocycles. The maximum absolute atomic E-state index is 11.0. The van der Waals surface area contributed by atoms with Crippen molar-refractivity contribution in [2.24, 2.45) is 0 Å². The first-order valence-electron chi connectivity index (χ1n) is 8.95. The summed E-state index contributed by atoms with van der Waals surface area (Å²) in [5.74, 6) is 1.97. The van der Waals surface area contributed by atoms with Crippen LogP contribution in [-0.2, 0) is 0 Å². The molecule has 0 fully saturated rings. The monoisotopic (exact) mass is 395 g/mol. The van der Waals surface area contributed by atoms with Crippen molar-refractivity contribution in [3.8, 4) is 23.3 Å². The average Bonchev–Trinajstić information content (AvgIpc) is 2.77. The second kappa shape index (κ2) is 8.52. The number of hydrogen-bond acceptors (Lipinski definition) is 7. The fraction of sp³-hybridized carbons (Fsp3) is 0.286. The van der Waals surface area contributed by atoms with Gasteiger partial charge in [-0.3, -0.25) is 10.1 Å². The van der Waals surface area contributed by atoms with E-state index in [1.807, 2.05) is 17.0 Å². The van der Waals surface area contributed by atoms with Crippen molar-refractivity contribution in [3.05, 3.63) is 57.6 Å². The van der Waals surface area contributed by atoms with Crippen molar-refractivity contribution >= 4 is 16.9 Å². The van der Waals surface area contributed by atoms with E-state index in [1.54, 1.807) is 27.4 Å². The molecule has 0 aromatic heterocycles. The minimum absolute atomic E-state index is 0.0914. The molecule has 0 bridgehead atoms. The van der Waals surface area contributed by atoms with E-state index in [0.717, 1.165) is 11.1 Å². The number of nitro benzene ring substituents is 1. The molecule has 8 nitrogen and oxygen atoms in total. The van der Waals surface area contributed by atoms with Crippen molar-refractivity contribution in [1.82, 2.24) is 0 Å². The number of ether oxygens (including phenoxy) is 3. The van der Waals surface area contributed by atoms with Crippen LogP contribution in [-0.4, -0.2) is 39.3 Å². The molecule has 0 saturated carbocycles. The van der Waals surface area contributed by atoms with Gasteiger partial charge in [0.15, 0.2) is 0 Å². The molecule has 8 heteroatoms. The van der Waals surface area contributed by atoms with E-state index in [9.17, 15) is 15.4 Å². The van der Waals surface area contributed by atoms with Crippen LogP contribution in [0.1, 0.15) is 17.5 Å². The molecule has 0 N–H and O–H groups in total. The van der Waals surface area contributed by atoms with Gasteiger partial charge in [0.25, 0.3) is 5.69 Å². The van der Waals surface area contributed by atoms with Gasteiger partial charge in [-0.1, -0.05) is 6.08 Å². The molecule has 2 aromatic carbocycles. The Morgan fingerprint density at radius 3 is 2.28 bits per heavy atom. The Kier molecular flexibility index (Phi) is 5.88. The first-order valence-corrected chi connectivity index (χ1v) is 8.95. The summed E-state index contributed by atoms with van der Waals surface area (Å²) in [6, 6.07) is 10.0. The Morgan fingerprint density at radius 1 is 1.10 bits per heavy atom. The van der Waals surface area contributed by atoms with Gasteiger partial charge < -0.3 is 19.1 Å². The van der Waals surface area contributed by atoms with Crippen LogP contribution in [0.25, 0.3) is 5.57 Å². The molecule has 29 heavy (non-hydrogen) atoms. The zero-order valence-corrected chi connectivity index (χ0v) is 16.5. The number of methoxy groups -OCH3 is 3. The Hall–Kier alpha value is -3.73. The molecule has 1 heterocycles. The first-order chi connectivity index (χ1) is 14.0. The summed E-state index contributed by atoms with van der Waals surface area (Å²) in [6.45, 7) is 1.21. The SMILES string of the molecule is COc1cc(OC)c(C2=CCN(c3ccc([N+](=O)[O-])cc3C#N)CC2)c(OC)c1. The second-order valence-corrected chi connectivity index (χ2v) is 6.40. The number of nitriles is 1. The third-order valence-electron chi connectivity index (χ3n) is 4.90. The maximum atomic E-state index is 11.0. The molecule has 0 unspecified atom stereocenters. The fourth-order valence-electron chi connectivity index (χ4n) is 3.44. The molecule has 0 atom stereocenters. The third-order valence-corrected chi connectivity index (χ3v) is 4.90. The predicted octanol–water partition coefficient (Wildman–Crippen LogP) is 3.79. The summed E-state index contributed by atoms with van der Waals surface area (Å²) < 4.78 is 16.4. The number of hydrogen-bond donors (Lipinski definition) is 0. The van der Waals surface area contributed by atoms with E-state index in [1.165, 1.54) is 12.1 Å². The highest BCUT2D eigenvalue weighted by atomic mass is 16.6. The lowest BCUT2D eigenvalue weighted by molar-refractivity contribution is -0.384. The zero-order valence-electron chi connectivity index (χ0n) is 16.5. The highest BCUT2D eigenvalue weighted by molar-refractivity contribution is 5.79. The lowest BCUT2D eigenvalue weighted by Gasteiger charge is -2.30. The highest BCUT2D eigenvalue weighted by Gasteiger charge is 2.23. The lowest BCUT2D eigenvalue weighted by Crippen LogP contribution is -2.29. The lowest BCUT2D eigenvalue weighted by atomic mass is 9.96. The summed E-state index contributed by atoms with van der Waals surface area (Å²) in [7, 11) is 4.79. The zero-order chi connectivity index (χ0) is 21.0. The number of rotatable bonds is 6. The number of nitrogens with zero attached hydrogens (tertiary/aromatic N) is 3. The number of non-ortho nitro benzene ring substituents is 1. The van der Waals surface area contributed by atoms with Gasteiger partial charge in [-0.05, 0) is 18.1 Å². The van der Waals surface area contributed by atoms with Gasteiger partial charge in [-0.15, -0.1) is 0 Å². The molecule has 3 rings (SSSR count). The molecule has 150 valence electrons. The van der Waals surface area contributed by atoms with E-state index < -0.39 is 4.92 Å². The van der Waals surface area contributed by atoms with Crippen molar-refractivity contribution in [2.45, 2.75) is 6.42 Å².